The van der Waals surface area contributed by atoms with Gasteiger partial charge in [-0.3, -0.25) is 4.99 Å². The van der Waals surface area contributed by atoms with Gasteiger partial charge in [0, 0.05) is 17.3 Å². The first-order chi connectivity index (χ1) is 14.1. The first-order valence-electron chi connectivity index (χ1n) is 12.1. The van der Waals surface area contributed by atoms with Crippen LogP contribution in [0.5, 0.6) is 5.75 Å². The van der Waals surface area contributed by atoms with Gasteiger partial charge in [-0.05, 0) is 91.1 Å². The van der Waals surface area contributed by atoms with Crippen LogP contribution in [0.2, 0.25) is 0 Å². The first-order valence-corrected chi connectivity index (χ1v) is 12.1. The van der Waals surface area contributed by atoms with Crippen LogP contribution in [-0.4, -0.2) is 29.1 Å². The number of aliphatic hydroxyl groups excluding tert-OH is 1. The minimum absolute atomic E-state index is 0.0155. The number of phenols is 1. The van der Waals surface area contributed by atoms with Gasteiger partial charge in [0.05, 0.1) is 12.6 Å². The van der Waals surface area contributed by atoms with E-state index < -0.39 is 0 Å². The van der Waals surface area contributed by atoms with Gasteiger partial charge < -0.3 is 10.2 Å². The minimum atomic E-state index is -0.106. The molecule has 3 nitrogen and oxygen atoms in total. The monoisotopic (exact) mass is 411 g/mol. The summed E-state index contributed by atoms with van der Waals surface area (Å²) in [6.07, 6.45) is 10.6. The van der Waals surface area contributed by atoms with E-state index in [1.165, 1.54) is 49.7 Å². The SMILES string of the molecule is CC(C)C[C@H](CO)N=Cc1cc(C(C)(C)C)cc(C23CC4CC(CC(C4)C2)C3)c1O. The van der Waals surface area contributed by atoms with Crippen LogP contribution < -0.4 is 0 Å². The fraction of sp³-hybridized carbons (Fsp3) is 0.741. The number of aliphatic hydroxyl groups is 1. The summed E-state index contributed by atoms with van der Waals surface area (Å²) in [6.45, 7) is 11.1. The lowest BCUT2D eigenvalue weighted by molar-refractivity contribution is -0.00619. The summed E-state index contributed by atoms with van der Waals surface area (Å²) < 4.78 is 0. The van der Waals surface area contributed by atoms with Gasteiger partial charge >= 0.3 is 0 Å². The van der Waals surface area contributed by atoms with Crippen LogP contribution in [0.25, 0.3) is 0 Å². The van der Waals surface area contributed by atoms with E-state index in [2.05, 4.69) is 51.7 Å². The van der Waals surface area contributed by atoms with E-state index in [1.54, 1.807) is 0 Å². The van der Waals surface area contributed by atoms with Gasteiger partial charge in [-0.1, -0.05) is 40.7 Å². The first kappa shape index (κ1) is 21.9. The van der Waals surface area contributed by atoms with Gasteiger partial charge in [-0.2, -0.15) is 0 Å². The Balaban J connectivity index is 1.75. The quantitative estimate of drug-likeness (QED) is 0.565. The van der Waals surface area contributed by atoms with E-state index in [0.29, 0.717) is 11.7 Å². The molecule has 0 amide bonds. The molecule has 2 N–H and O–H groups in total. The maximum absolute atomic E-state index is 11.5. The molecule has 0 aromatic heterocycles. The molecule has 1 aromatic carbocycles. The zero-order valence-corrected chi connectivity index (χ0v) is 19.6. The number of hydrogen-bond acceptors (Lipinski definition) is 3. The molecule has 3 heteroatoms. The van der Waals surface area contributed by atoms with Crippen LogP contribution in [0.4, 0.5) is 0 Å². The molecule has 4 bridgehead atoms. The molecule has 0 spiro atoms. The third-order valence-electron chi connectivity index (χ3n) is 7.99. The largest absolute Gasteiger partial charge is 0.507 e. The van der Waals surface area contributed by atoms with E-state index in [1.807, 2.05) is 6.21 Å². The van der Waals surface area contributed by atoms with Crippen LogP contribution in [0, 0.1) is 23.7 Å². The number of aliphatic imine (C=N–C) groups is 1. The van der Waals surface area contributed by atoms with Crippen molar-refractivity contribution in [1.82, 2.24) is 0 Å². The minimum Gasteiger partial charge on any atom is -0.507 e. The second-order valence-electron chi connectivity index (χ2n) is 12.2. The van der Waals surface area contributed by atoms with Gasteiger partial charge in [0.2, 0.25) is 0 Å². The molecule has 166 valence electrons. The lowest BCUT2D eigenvalue weighted by atomic mass is 9.47. The molecule has 1 atom stereocenters. The molecule has 0 saturated heterocycles. The third-order valence-corrected chi connectivity index (χ3v) is 7.99. The van der Waals surface area contributed by atoms with Crippen LogP contribution in [0.3, 0.4) is 0 Å². The van der Waals surface area contributed by atoms with E-state index in [-0.39, 0.29) is 23.5 Å². The van der Waals surface area contributed by atoms with Gasteiger partial charge in [0.1, 0.15) is 5.75 Å². The molecule has 4 aliphatic carbocycles. The number of aromatic hydroxyl groups is 1. The highest BCUT2D eigenvalue weighted by Crippen LogP contribution is 2.62. The number of benzene rings is 1. The normalized spacial score (nSPS) is 31.8. The molecule has 0 aliphatic heterocycles. The zero-order chi connectivity index (χ0) is 21.7. The van der Waals surface area contributed by atoms with Crippen molar-refractivity contribution in [3.8, 4) is 5.75 Å². The fourth-order valence-corrected chi connectivity index (χ4v) is 6.95. The molecule has 0 unspecified atom stereocenters. The summed E-state index contributed by atoms with van der Waals surface area (Å²) in [5, 5.41) is 21.2. The summed E-state index contributed by atoms with van der Waals surface area (Å²) in [6, 6.07) is 4.33. The molecule has 4 fully saturated rings. The highest BCUT2D eigenvalue weighted by atomic mass is 16.3. The van der Waals surface area contributed by atoms with Gasteiger partial charge in [0.25, 0.3) is 0 Å². The maximum atomic E-state index is 11.5. The highest BCUT2D eigenvalue weighted by Gasteiger charge is 2.52. The van der Waals surface area contributed by atoms with Crippen molar-refractivity contribution >= 4 is 6.21 Å². The highest BCUT2D eigenvalue weighted by molar-refractivity contribution is 5.85. The van der Waals surface area contributed by atoms with Gasteiger partial charge in [-0.25, -0.2) is 0 Å². The summed E-state index contributed by atoms with van der Waals surface area (Å²) in [4.78, 5) is 4.69. The summed E-state index contributed by atoms with van der Waals surface area (Å²) in [7, 11) is 0. The smallest absolute Gasteiger partial charge is 0.128 e. The van der Waals surface area contributed by atoms with Crippen molar-refractivity contribution in [2.45, 2.75) is 96.4 Å². The average molecular weight is 412 g/mol. The molecule has 0 heterocycles. The van der Waals surface area contributed by atoms with E-state index in [9.17, 15) is 10.2 Å². The Morgan fingerprint density at radius 3 is 2.10 bits per heavy atom. The van der Waals surface area contributed by atoms with Gasteiger partial charge in [0.15, 0.2) is 0 Å². The van der Waals surface area contributed by atoms with Crippen molar-refractivity contribution in [2.24, 2.45) is 28.7 Å². The Morgan fingerprint density at radius 2 is 1.63 bits per heavy atom. The second kappa shape index (κ2) is 7.97. The Hall–Kier alpha value is -1.35. The Morgan fingerprint density at radius 1 is 1.07 bits per heavy atom. The number of nitrogens with zero attached hydrogens (tertiary/aromatic N) is 1. The van der Waals surface area contributed by atoms with Crippen LogP contribution >= 0.6 is 0 Å². The predicted octanol–water partition coefficient (Wildman–Crippen LogP) is 5.98. The van der Waals surface area contributed by atoms with Gasteiger partial charge in [-0.15, -0.1) is 0 Å². The topological polar surface area (TPSA) is 52.8 Å². The van der Waals surface area contributed by atoms with Crippen molar-refractivity contribution in [3.63, 3.8) is 0 Å². The van der Waals surface area contributed by atoms with Crippen molar-refractivity contribution in [1.29, 1.82) is 0 Å². The third kappa shape index (κ3) is 4.20. The van der Waals surface area contributed by atoms with Crippen LogP contribution in [-0.2, 0) is 10.8 Å². The molecule has 30 heavy (non-hydrogen) atoms. The zero-order valence-electron chi connectivity index (χ0n) is 19.6. The summed E-state index contributed by atoms with van der Waals surface area (Å²) in [5.74, 6) is 3.45. The summed E-state index contributed by atoms with van der Waals surface area (Å²) in [5.41, 5.74) is 3.45. The lowest BCUT2D eigenvalue weighted by Crippen LogP contribution is -2.48. The Kier molecular flexibility index (Phi) is 5.81. The maximum Gasteiger partial charge on any atom is 0.128 e. The summed E-state index contributed by atoms with van der Waals surface area (Å²) >= 11 is 0. The molecule has 1 aromatic rings. The van der Waals surface area contributed by atoms with Crippen molar-refractivity contribution in [3.05, 3.63) is 28.8 Å². The van der Waals surface area contributed by atoms with Crippen molar-refractivity contribution in [2.75, 3.05) is 6.61 Å². The number of rotatable bonds is 6. The van der Waals surface area contributed by atoms with Crippen molar-refractivity contribution < 1.29 is 10.2 Å². The van der Waals surface area contributed by atoms with E-state index in [0.717, 1.165) is 29.7 Å². The molecule has 4 aliphatic rings. The number of phenolic OH excluding ortho intramolecular Hbond substituents is 1. The standard InChI is InChI=1S/C27H41NO2/c1-17(2)6-23(16-29)28-15-21-10-22(26(3,4)5)11-24(25(21)30)27-12-18-7-19(13-27)9-20(8-18)14-27/h10-11,15,17-20,23,29-30H,6-9,12-14,16H2,1-5H3/t18?,19?,20?,23-,27?/m1/s1. The Labute approximate surface area is 183 Å². The molecule has 0 radical (unpaired) electrons. The second-order valence-corrected chi connectivity index (χ2v) is 12.2. The molecule has 4 saturated carbocycles. The molecular weight excluding hydrogens is 370 g/mol. The lowest BCUT2D eigenvalue weighted by Gasteiger charge is -2.57. The average Bonchev–Trinajstić information content (AvgIpc) is 2.63. The molecular formula is C27H41NO2. The van der Waals surface area contributed by atoms with Crippen LogP contribution in [0.1, 0.15) is 96.3 Å². The van der Waals surface area contributed by atoms with E-state index in [4.69, 9.17) is 0 Å². The molecule has 5 rings (SSSR count). The number of hydrogen-bond donors (Lipinski definition) is 2. The van der Waals surface area contributed by atoms with Crippen LogP contribution in [0.15, 0.2) is 17.1 Å². The Bertz CT molecular complexity index is 767. The van der Waals surface area contributed by atoms with E-state index >= 15 is 0 Å². The fourth-order valence-electron chi connectivity index (χ4n) is 6.95. The predicted molar refractivity (Wildman–Crippen MR) is 125 cm³/mol.